The van der Waals surface area contributed by atoms with Crippen molar-refractivity contribution in [2.75, 3.05) is 18.0 Å². The van der Waals surface area contributed by atoms with Crippen LogP contribution in [-0.2, 0) is 17.5 Å². The van der Waals surface area contributed by atoms with Gasteiger partial charge in [0.05, 0.1) is 35.8 Å². The van der Waals surface area contributed by atoms with Crippen molar-refractivity contribution in [2.24, 2.45) is 5.92 Å². The summed E-state index contributed by atoms with van der Waals surface area (Å²) < 4.78 is 42.9. The Balaban J connectivity index is 0.871. The van der Waals surface area contributed by atoms with Crippen molar-refractivity contribution in [1.29, 1.82) is 0 Å². The lowest BCUT2D eigenvalue weighted by atomic mass is 9.78. The van der Waals surface area contributed by atoms with Crippen LogP contribution >= 0.6 is 0 Å². The molecule has 10 nitrogen and oxygen atoms in total. The van der Waals surface area contributed by atoms with Crippen LogP contribution in [0.25, 0.3) is 27.5 Å². The van der Waals surface area contributed by atoms with E-state index in [1.54, 1.807) is 16.9 Å². The van der Waals surface area contributed by atoms with Gasteiger partial charge in [0.25, 0.3) is 5.91 Å². The van der Waals surface area contributed by atoms with E-state index in [1.807, 2.05) is 54.1 Å². The number of carbonyl (C=O) groups is 2. The Bertz CT molecular complexity index is 2210. The molecule has 4 heterocycles. The summed E-state index contributed by atoms with van der Waals surface area (Å²) in [6.45, 7) is 5.49. The van der Waals surface area contributed by atoms with Crippen LogP contribution in [0, 0.1) is 5.92 Å². The first-order chi connectivity index (χ1) is 25.0. The number of anilines is 1. The van der Waals surface area contributed by atoms with Gasteiger partial charge in [0.2, 0.25) is 5.91 Å². The summed E-state index contributed by atoms with van der Waals surface area (Å²) in [7, 11) is 0. The van der Waals surface area contributed by atoms with Crippen molar-refractivity contribution in [3.05, 3.63) is 114 Å². The number of hydrogen-bond donors (Lipinski definition) is 1. The molecule has 6 aromatic rings. The van der Waals surface area contributed by atoms with Gasteiger partial charge in [-0.05, 0) is 69.2 Å². The van der Waals surface area contributed by atoms with Crippen molar-refractivity contribution in [1.82, 2.24) is 34.8 Å². The fourth-order valence-corrected chi connectivity index (χ4v) is 7.76. The van der Waals surface area contributed by atoms with Crippen LogP contribution in [-0.4, -0.2) is 72.5 Å². The highest BCUT2D eigenvalue weighted by atomic mass is 19.4. The molecule has 0 bridgehead atoms. The number of aromatic nitrogens is 5. The van der Waals surface area contributed by atoms with Crippen LogP contribution in [0.4, 0.5) is 18.9 Å². The average molecular weight is 707 g/mol. The molecule has 1 aliphatic heterocycles. The van der Waals surface area contributed by atoms with Crippen molar-refractivity contribution < 1.29 is 22.8 Å². The molecule has 8 rings (SSSR count). The van der Waals surface area contributed by atoms with Gasteiger partial charge >= 0.3 is 6.18 Å². The summed E-state index contributed by atoms with van der Waals surface area (Å²) >= 11 is 0. The molecule has 2 fully saturated rings. The maximum atomic E-state index is 13.6. The zero-order valence-corrected chi connectivity index (χ0v) is 28.7. The van der Waals surface area contributed by atoms with Crippen molar-refractivity contribution >= 4 is 39.3 Å². The lowest BCUT2D eigenvalue weighted by Crippen LogP contribution is -2.61. The fourth-order valence-electron chi connectivity index (χ4n) is 7.76. The number of piperazine rings is 1. The standard InChI is InChI=1S/C39H37F3N8O2/c1-24-20-47(31-13-11-28(12-14-31)39(40,41)42)21-25(2)50(24)38(52)26-15-29(16-26)44-37(51)27-17-32(19-43-18-27)49-23-30(45-46-49)22-48-35-9-5-3-7-33(35)34-8-4-6-10-36(34)48/h3-14,17-19,23-26,29H,15-16,20-22H2,1-2H3,(H,44,51). The number of halogens is 3. The molecule has 13 heteroatoms. The van der Waals surface area contributed by atoms with E-state index in [0.717, 1.165) is 28.9 Å². The number of benzene rings is 3. The Morgan fingerprint density at radius 3 is 2.12 bits per heavy atom. The molecule has 1 saturated carbocycles. The minimum absolute atomic E-state index is 0.0455. The van der Waals surface area contributed by atoms with Gasteiger partial charge in [-0.25, -0.2) is 4.68 Å². The lowest BCUT2D eigenvalue weighted by molar-refractivity contribution is -0.144. The van der Waals surface area contributed by atoms with Crippen molar-refractivity contribution in [3.63, 3.8) is 0 Å². The first-order valence-corrected chi connectivity index (χ1v) is 17.4. The molecule has 1 N–H and O–H groups in total. The van der Waals surface area contributed by atoms with E-state index in [4.69, 9.17) is 0 Å². The van der Waals surface area contributed by atoms with E-state index in [9.17, 15) is 22.8 Å². The molecule has 2 aliphatic rings. The van der Waals surface area contributed by atoms with Crippen LogP contribution in [0.1, 0.15) is 48.3 Å². The van der Waals surface area contributed by atoms with Crippen molar-refractivity contribution in [2.45, 2.75) is 57.5 Å². The molecule has 1 saturated heterocycles. The highest BCUT2D eigenvalue weighted by Gasteiger charge is 2.42. The maximum Gasteiger partial charge on any atom is 0.416 e. The largest absolute Gasteiger partial charge is 0.416 e. The number of amides is 2. The number of para-hydroxylation sites is 2. The van der Waals surface area contributed by atoms with E-state index < -0.39 is 11.7 Å². The molecule has 3 aromatic heterocycles. The van der Waals surface area contributed by atoms with Crippen LogP contribution in [0.2, 0.25) is 0 Å². The smallest absolute Gasteiger partial charge is 0.367 e. The third kappa shape index (κ3) is 6.24. The molecule has 1 aliphatic carbocycles. The topological polar surface area (TPSA) is 101 Å². The van der Waals surface area contributed by atoms with Gasteiger partial charge in [-0.1, -0.05) is 41.6 Å². The first kappa shape index (κ1) is 33.4. The number of nitrogens with zero attached hydrogens (tertiary/aromatic N) is 7. The maximum absolute atomic E-state index is 13.6. The highest BCUT2D eigenvalue weighted by Crippen LogP contribution is 2.35. The summed E-state index contributed by atoms with van der Waals surface area (Å²) in [5, 5.41) is 14.2. The summed E-state index contributed by atoms with van der Waals surface area (Å²) in [5.41, 5.74) is 3.99. The second-order valence-electron chi connectivity index (χ2n) is 13.9. The number of pyridine rings is 1. The molecule has 266 valence electrons. The number of carbonyl (C=O) groups excluding carboxylic acids is 2. The number of nitrogens with one attached hydrogen (secondary N) is 1. The zero-order valence-electron chi connectivity index (χ0n) is 28.7. The Hall–Kier alpha value is -5.72. The van der Waals surface area contributed by atoms with Gasteiger partial charge in [-0.3, -0.25) is 14.6 Å². The quantitative estimate of drug-likeness (QED) is 0.204. The van der Waals surface area contributed by atoms with Gasteiger partial charge in [0, 0.05) is 70.8 Å². The predicted octanol–water partition coefficient (Wildman–Crippen LogP) is 6.47. The Morgan fingerprint density at radius 2 is 1.48 bits per heavy atom. The first-order valence-electron chi connectivity index (χ1n) is 17.4. The molecule has 2 amide bonds. The molecule has 2 atom stereocenters. The second-order valence-corrected chi connectivity index (χ2v) is 13.9. The number of fused-ring (bicyclic) bond motifs is 3. The number of alkyl halides is 3. The molecule has 52 heavy (non-hydrogen) atoms. The van der Waals surface area contributed by atoms with Crippen LogP contribution in [0.5, 0.6) is 0 Å². The van der Waals surface area contributed by atoms with Crippen LogP contribution in [0.3, 0.4) is 0 Å². The van der Waals surface area contributed by atoms with E-state index in [0.29, 0.717) is 49.4 Å². The summed E-state index contributed by atoms with van der Waals surface area (Å²) in [6, 6.07) is 23.1. The third-order valence-electron chi connectivity index (χ3n) is 10.3. The van der Waals surface area contributed by atoms with Crippen LogP contribution < -0.4 is 10.2 Å². The summed E-state index contributed by atoms with van der Waals surface area (Å²) in [4.78, 5) is 35.1. The van der Waals surface area contributed by atoms with E-state index in [2.05, 4.69) is 49.4 Å². The monoisotopic (exact) mass is 706 g/mol. The predicted molar refractivity (Wildman–Crippen MR) is 191 cm³/mol. The molecule has 2 unspecified atom stereocenters. The third-order valence-corrected chi connectivity index (χ3v) is 10.3. The van der Waals surface area contributed by atoms with Gasteiger partial charge in [-0.2, -0.15) is 13.2 Å². The zero-order chi connectivity index (χ0) is 36.1. The molecule has 3 aromatic carbocycles. The van der Waals surface area contributed by atoms with Crippen molar-refractivity contribution in [3.8, 4) is 5.69 Å². The molecular formula is C39H37F3N8O2. The summed E-state index contributed by atoms with van der Waals surface area (Å²) in [5.74, 6) is -0.438. The molecule has 0 spiro atoms. The minimum atomic E-state index is -4.38. The fraction of sp³-hybridized carbons (Fsp3) is 0.308. The van der Waals surface area contributed by atoms with Gasteiger partial charge in [0.15, 0.2) is 0 Å². The van der Waals surface area contributed by atoms with Gasteiger partial charge in [0.1, 0.15) is 5.69 Å². The highest BCUT2D eigenvalue weighted by molar-refractivity contribution is 6.08. The van der Waals surface area contributed by atoms with Crippen LogP contribution in [0.15, 0.2) is 97.5 Å². The van der Waals surface area contributed by atoms with E-state index in [-0.39, 0.29) is 35.9 Å². The van der Waals surface area contributed by atoms with Gasteiger partial charge < -0.3 is 19.7 Å². The van der Waals surface area contributed by atoms with Gasteiger partial charge in [-0.15, -0.1) is 5.10 Å². The lowest BCUT2D eigenvalue weighted by Gasteiger charge is -2.48. The normalized spacial score (nSPS) is 20.6. The second kappa shape index (κ2) is 13.1. The number of hydrogen-bond acceptors (Lipinski definition) is 6. The SMILES string of the molecule is CC1CN(c2ccc(C(F)(F)F)cc2)CC(C)N1C(=O)C1CC(NC(=O)c2cncc(-n3cc(Cn4c5ccccc5c5ccccc54)nn3)c2)C1. The number of rotatable bonds is 7. The van der Waals surface area contributed by atoms with E-state index >= 15 is 0 Å². The molecular weight excluding hydrogens is 669 g/mol. The molecule has 0 radical (unpaired) electrons. The Kier molecular flexibility index (Phi) is 8.43. The summed E-state index contributed by atoms with van der Waals surface area (Å²) in [6.07, 6.45) is 1.67. The minimum Gasteiger partial charge on any atom is -0.367 e. The Morgan fingerprint density at radius 1 is 0.846 bits per heavy atom. The average Bonchev–Trinajstić information content (AvgIpc) is 3.72. The van der Waals surface area contributed by atoms with E-state index in [1.165, 1.54) is 29.1 Å². The Labute approximate surface area is 297 Å².